The third kappa shape index (κ3) is 6.54. The predicted octanol–water partition coefficient (Wildman–Crippen LogP) is 3.01. The van der Waals surface area contributed by atoms with Crippen LogP contribution in [-0.2, 0) is 13.1 Å². The van der Waals surface area contributed by atoms with Crippen LogP contribution in [0.1, 0.15) is 52.1 Å². The lowest BCUT2D eigenvalue weighted by atomic mass is 10.1. The number of carbonyl (C=O) groups excluding carboxylic acids is 2. The van der Waals surface area contributed by atoms with Gasteiger partial charge in [-0.1, -0.05) is 38.1 Å². The van der Waals surface area contributed by atoms with Crippen LogP contribution in [0, 0.1) is 5.92 Å². The lowest BCUT2D eigenvalue weighted by Crippen LogP contribution is -2.35. The second-order valence-electron chi connectivity index (χ2n) is 8.38. The van der Waals surface area contributed by atoms with Crippen molar-refractivity contribution in [1.82, 2.24) is 20.2 Å². The van der Waals surface area contributed by atoms with Crippen molar-refractivity contribution in [3.63, 3.8) is 0 Å². The Morgan fingerprint density at radius 2 is 1.74 bits per heavy atom. The molecule has 3 aromatic rings. The molecule has 178 valence electrons. The number of benzene rings is 1. The van der Waals surface area contributed by atoms with Crippen LogP contribution in [0.5, 0.6) is 5.75 Å². The number of para-hydroxylation sites is 1. The Morgan fingerprint density at radius 1 is 1.03 bits per heavy atom. The zero-order valence-electron chi connectivity index (χ0n) is 19.7. The van der Waals surface area contributed by atoms with Crippen molar-refractivity contribution in [2.45, 2.75) is 33.4 Å². The number of ether oxygens (including phenoxy) is 1. The second kappa shape index (κ2) is 11.8. The first-order valence-corrected chi connectivity index (χ1v) is 11.2. The fourth-order valence-electron chi connectivity index (χ4n) is 3.43. The number of hydrogen-bond acceptors (Lipinski definition) is 5. The van der Waals surface area contributed by atoms with Gasteiger partial charge in [-0.3, -0.25) is 19.4 Å². The summed E-state index contributed by atoms with van der Waals surface area (Å²) in [5.41, 5.74) is 0.860. The number of hydrogen-bond donors (Lipinski definition) is 2. The van der Waals surface area contributed by atoms with E-state index >= 15 is 0 Å². The Morgan fingerprint density at radius 3 is 2.38 bits per heavy atom. The summed E-state index contributed by atoms with van der Waals surface area (Å²) in [7, 11) is 1.58. The number of pyridine rings is 2. The summed E-state index contributed by atoms with van der Waals surface area (Å²) in [5, 5.41) is 5.54. The van der Waals surface area contributed by atoms with Crippen molar-refractivity contribution in [2.75, 3.05) is 13.7 Å². The predicted molar refractivity (Wildman–Crippen MR) is 130 cm³/mol. The van der Waals surface area contributed by atoms with Crippen molar-refractivity contribution < 1.29 is 14.3 Å². The fourth-order valence-corrected chi connectivity index (χ4v) is 3.43. The van der Waals surface area contributed by atoms with Gasteiger partial charge in [-0.25, -0.2) is 0 Å². The summed E-state index contributed by atoms with van der Waals surface area (Å²) >= 11 is 0. The molecule has 2 heterocycles. The first kappa shape index (κ1) is 24.7. The number of amides is 2. The van der Waals surface area contributed by atoms with Gasteiger partial charge in [-0.2, -0.15) is 0 Å². The molecule has 2 aromatic heterocycles. The average molecular weight is 463 g/mol. The van der Waals surface area contributed by atoms with Gasteiger partial charge in [0.2, 0.25) is 5.43 Å². The molecule has 0 saturated carbocycles. The summed E-state index contributed by atoms with van der Waals surface area (Å²) in [6, 6.07) is 11.1. The monoisotopic (exact) mass is 462 g/mol. The van der Waals surface area contributed by atoms with Gasteiger partial charge in [-0.05, 0) is 30.0 Å². The highest BCUT2D eigenvalue weighted by atomic mass is 16.5. The van der Waals surface area contributed by atoms with E-state index in [0.717, 1.165) is 17.5 Å². The molecule has 34 heavy (non-hydrogen) atoms. The molecule has 0 aliphatic carbocycles. The SMILES string of the molecule is COc1ccccc1Cn1cc(C(=O)NCCC(C)C)c(=O)c(C(=O)NCc2cccnc2)c1. The molecule has 0 aliphatic rings. The van der Waals surface area contributed by atoms with E-state index in [1.54, 1.807) is 30.1 Å². The average Bonchev–Trinajstić information content (AvgIpc) is 2.84. The molecule has 0 spiro atoms. The summed E-state index contributed by atoms with van der Waals surface area (Å²) < 4.78 is 7.08. The summed E-state index contributed by atoms with van der Waals surface area (Å²) in [6.45, 7) is 5.09. The number of nitrogens with one attached hydrogen (secondary N) is 2. The van der Waals surface area contributed by atoms with Gasteiger partial charge in [0.05, 0.1) is 13.7 Å². The number of rotatable bonds is 10. The topological polar surface area (TPSA) is 102 Å². The Hall–Kier alpha value is -3.94. The first-order valence-electron chi connectivity index (χ1n) is 11.2. The van der Waals surface area contributed by atoms with E-state index in [4.69, 9.17) is 4.74 Å². The van der Waals surface area contributed by atoms with E-state index in [1.165, 1.54) is 12.4 Å². The Balaban J connectivity index is 1.92. The summed E-state index contributed by atoms with van der Waals surface area (Å²) in [6.07, 6.45) is 7.02. The van der Waals surface area contributed by atoms with E-state index in [-0.39, 0.29) is 17.7 Å². The van der Waals surface area contributed by atoms with Gasteiger partial charge in [-0.15, -0.1) is 0 Å². The molecule has 0 saturated heterocycles. The van der Waals surface area contributed by atoms with E-state index < -0.39 is 17.2 Å². The maximum Gasteiger partial charge on any atom is 0.257 e. The smallest absolute Gasteiger partial charge is 0.257 e. The highest BCUT2D eigenvalue weighted by Gasteiger charge is 2.20. The van der Waals surface area contributed by atoms with Crippen LogP contribution in [0.25, 0.3) is 0 Å². The summed E-state index contributed by atoms with van der Waals surface area (Å²) in [4.78, 5) is 42.9. The van der Waals surface area contributed by atoms with Crippen LogP contribution < -0.4 is 20.8 Å². The van der Waals surface area contributed by atoms with E-state index in [0.29, 0.717) is 24.8 Å². The molecule has 1 aromatic carbocycles. The number of nitrogens with zero attached hydrogens (tertiary/aromatic N) is 2. The highest BCUT2D eigenvalue weighted by Crippen LogP contribution is 2.18. The van der Waals surface area contributed by atoms with Crippen LogP contribution >= 0.6 is 0 Å². The molecule has 8 heteroatoms. The number of aromatic nitrogens is 2. The van der Waals surface area contributed by atoms with E-state index in [1.807, 2.05) is 30.3 Å². The molecule has 2 N–H and O–H groups in total. The standard InChI is InChI=1S/C26H30N4O4/c1-18(2)10-12-28-25(32)21-16-30(15-20-8-4-5-9-23(20)34-3)17-22(24(21)31)26(33)29-14-19-7-6-11-27-13-19/h4-9,11,13,16-18H,10,12,14-15H2,1-3H3,(H,28,32)(H,29,33). The van der Waals surface area contributed by atoms with Crippen molar-refractivity contribution in [2.24, 2.45) is 5.92 Å². The van der Waals surface area contributed by atoms with E-state index in [2.05, 4.69) is 29.5 Å². The van der Waals surface area contributed by atoms with Crippen molar-refractivity contribution in [1.29, 1.82) is 0 Å². The Kier molecular flexibility index (Phi) is 8.56. The van der Waals surface area contributed by atoms with Crippen LogP contribution in [0.2, 0.25) is 0 Å². The van der Waals surface area contributed by atoms with Gasteiger partial charge in [0.25, 0.3) is 11.8 Å². The maximum atomic E-state index is 13.1. The van der Waals surface area contributed by atoms with Gasteiger partial charge in [0.1, 0.15) is 16.9 Å². The first-order chi connectivity index (χ1) is 16.4. The van der Waals surface area contributed by atoms with Crippen LogP contribution in [-0.4, -0.2) is 35.0 Å². The van der Waals surface area contributed by atoms with Gasteiger partial charge in [0, 0.05) is 43.4 Å². The zero-order chi connectivity index (χ0) is 24.5. The molecular formula is C26H30N4O4. The molecule has 0 aliphatic heterocycles. The van der Waals surface area contributed by atoms with Crippen molar-refractivity contribution >= 4 is 11.8 Å². The maximum absolute atomic E-state index is 13.1. The van der Waals surface area contributed by atoms with Crippen molar-refractivity contribution in [3.05, 3.63) is 93.7 Å². The molecule has 0 radical (unpaired) electrons. The molecule has 2 amide bonds. The quantitative estimate of drug-likeness (QED) is 0.482. The fraction of sp³-hybridized carbons (Fsp3) is 0.308. The van der Waals surface area contributed by atoms with Gasteiger partial charge in [0.15, 0.2) is 0 Å². The molecule has 0 bridgehead atoms. The Labute approximate surface area is 199 Å². The minimum Gasteiger partial charge on any atom is -0.496 e. The molecule has 0 unspecified atom stereocenters. The molecule has 8 nitrogen and oxygen atoms in total. The largest absolute Gasteiger partial charge is 0.496 e. The molecular weight excluding hydrogens is 432 g/mol. The lowest BCUT2D eigenvalue weighted by Gasteiger charge is -2.14. The second-order valence-corrected chi connectivity index (χ2v) is 8.38. The molecule has 3 rings (SSSR count). The number of carbonyl (C=O) groups is 2. The molecule has 0 atom stereocenters. The molecule has 0 fully saturated rings. The van der Waals surface area contributed by atoms with Gasteiger partial charge < -0.3 is 19.9 Å². The minimum atomic E-state index is -0.609. The van der Waals surface area contributed by atoms with Crippen LogP contribution in [0.15, 0.2) is 66.0 Å². The normalized spacial score (nSPS) is 10.7. The third-order valence-electron chi connectivity index (χ3n) is 5.30. The van der Waals surface area contributed by atoms with Gasteiger partial charge >= 0.3 is 0 Å². The summed E-state index contributed by atoms with van der Waals surface area (Å²) in [5.74, 6) is 0.0274. The third-order valence-corrected chi connectivity index (χ3v) is 5.30. The number of methoxy groups -OCH3 is 1. The lowest BCUT2D eigenvalue weighted by molar-refractivity contribution is 0.0948. The Bertz CT molecular complexity index is 1190. The zero-order valence-corrected chi connectivity index (χ0v) is 19.7. The van der Waals surface area contributed by atoms with Crippen LogP contribution in [0.3, 0.4) is 0 Å². The minimum absolute atomic E-state index is 0.0762. The highest BCUT2D eigenvalue weighted by molar-refractivity contribution is 5.99. The van der Waals surface area contributed by atoms with Crippen molar-refractivity contribution in [3.8, 4) is 5.75 Å². The van der Waals surface area contributed by atoms with E-state index in [9.17, 15) is 14.4 Å². The van der Waals surface area contributed by atoms with Crippen LogP contribution in [0.4, 0.5) is 0 Å².